The van der Waals surface area contributed by atoms with Crippen molar-refractivity contribution in [3.63, 3.8) is 0 Å². The van der Waals surface area contributed by atoms with Gasteiger partial charge in [0.15, 0.2) is 0 Å². The Balaban J connectivity index is 1.82. The highest BCUT2D eigenvalue weighted by Crippen LogP contribution is 2.13. The van der Waals surface area contributed by atoms with Crippen molar-refractivity contribution in [1.82, 2.24) is 10.6 Å². The van der Waals surface area contributed by atoms with E-state index >= 15 is 0 Å². The number of halogens is 1. The zero-order valence-corrected chi connectivity index (χ0v) is 10.3. The molecule has 0 saturated carbocycles. The summed E-state index contributed by atoms with van der Waals surface area (Å²) < 4.78 is 0. The SMILES string of the molecule is O=C(Nc1ccc(Cl)cc1)NC1CCNCC1. The first-order valence-corrected chi connectivity index (χ1v) is 6.15. The van der Waals surface area contributed by atoms with Crippen molar-refractivity contribution < 1.29 is 4.79 Å². The smallest absolute Gasteiger partial charge is 0.319 e. The Labute approximate surface area is 106 Å². The van der Waals surface area contributed by atoms with Gasteiger partial charge in [0, 0.05) is 16.8 Å². The molecule has 0 radical (unpaired) electrons. The van der Waals surface area contributed by atoms with Gasteiger partial charge in [0.25, 0.3) is 0 Å². The molecule has 2 amide bonds. The Morgan fingerprint density at radius 1 is 1.24 bits per heavy atom. The molecule has 5 heteroatoms. The van der Waals surface area contributed by atoms with Crippen molar-refractivity contribution in [2.24, 2.45) is 0 Å². The van der Waals surface area contributed by atoms with E-state index in [2.05, 4.69) is 16.0 Å². The van der Waals surface area contributed by atoms with Gasteiger partial charge in [-0.05, 0) is 50.2 Å². The lowest BCUT2D eigenvalue weighted by Gasteiger charge is -2.23. The molecule has 3 N–H and O–H groups in total. The molecular weight excluding hydrogens is 238 g/mol. The summed E-state index contributed by atoms with van der Waals surface area (Å²) in [7, 11) is 0. The number of carbonyl (C=O) groups is 1. The molecule has 1 aromatic rings. The van der Waals surface area contributed by atoms with Crippen LogP contribution in [0.4, 0.5) is 10.5 Å². The average Bonchev–Trinajstić information content (AvgIpc) is 2.33. The molecule has 1 heterocycles. The van der Waals surface area contributed by atoms with Gasteiger partial charge in [-0.15, -0.1) is 0 Å². The predicted molar refractivity (Wildman–Crippen MR) is 69.5 cm³/mol. The molecule has 1 aliphatic rings. The second kappa shape index (κ2) is 5.89. The molecule has 0 bridgehead atoms. The standard InChI is InChI=1S/C12H16ClN3O/c13-9-1-3-10(4-2-9)15-12(17)16-11-5-7-14-8-6-11/h1-4,11,14H,5-8H2,(H2,15,16,17). The Hall–Kier alpha value is -1.26. The molecule has 0 aromatic heterocycles. The summed E-state index contributed by atoms with van der Waals surface area (Å²) >= 11 is 5.77. The Bertz CT molecular complexity index is 374. The molecule has 0 spiro atoms. The van der Waals surface area contributed by atoms with Crippen LogP contribution in [0.5, 0.6) is 0 Å². The van der Waals surface area contributed by atoms with Crippen molar-refractivity contribution >= 4 is 23.3 Å². The number of urea groups is 1. The van der Waals surface area contributed by atoms with E-state index in [0.29, 0.717) is 5.02 Å². The zero-order chi connectivity index (χ0) is 12.1. The molecule has 0 atom stereocenters. The van der Waals surface area contributed by atoms with E-state index in [1.165, 1.54) is 0 Å². The molecule has 1 fully saturated rings. The van der Waals surface area contributed by atoms with Gasteiger partial charge >= 0.3 is 6.03 Å². The molecule has 2 rings (SSSR count). The van der Waals surface area contributed by atoms with Crippen molar-refractivity contribution in [2.45, 2.75) is 18.9 Å². The minimum Gasteiger partial charge on any atom is -0.335 e. The summed E-state index contributed by atoms with van der Waals surface area (Å²) in [5.41, 5.74) is 0.751. The van der Waals surface area contributed by atoms with E-state index in [4.69, 9.17) is 11.6 Å². The molecule has 92 valence electrons. The van der Waals surface area contributed by atoms with E-state index in [1.807, 2.05) is 0 Å². The topological polar surface area (TPSA) is 53.2 Å². The zero-order valence-electron chi connectivity index (χ0n) is 9.50. The Morgan fingerprint density at radius 2 is 1.88 bits per heavy atom. The summed E-state index contributed by atoms with van der Waals surface area (Å²) in [6.07, 6.45) is 1.96. The highest BCUT2D eigenvalue weighted by Gasteiger charge is 2.14. The molecule has 1 aliphatic heterocycles. The summed E-state index contributed by atoms with van der Waals surface area (Å²) in [4.78, 5) is 11.7. The average molecular weight is 254 g/mol. The first kappa shape index (κ1) is 12.2. The van der Waals surface area contributed by atoms with Gasteiger partial charge in [0.2, 0.25) is 0 Å². The predicted octanol–water partition coefficient (Wildman–Crippen LogP) is 2.21. The van der Waals surface area contributed by atoms with Gasteiger partial charge in [0.05, 0.1) is 0 Å². The van der Waals surface area contributed by atoms with Crippen molar-refractivity contribution in [2.75, 3.05) is 18.4 Å². The highest BCUT2D eigenvalue weighted by molar-refractivity contribution is 6.30. The summed E-state index contributed by atoms with van der Waals surface area (Å²) in [6.45, 7) is 1.93. The van der Waals surface area contributed by atoms with Gasteiger partial charge < -0.3 is 16.0 Å². The lowest BCUT2D eigenvalue weighted by Crippen LogP contribution is -2.44. The van der Waals surface area contributed by atoms with Gasteiger partial charge in [-0.1, -0.05) is 11.6 Å². The fourth-order valence-corrected chi connectivity index (χ4v) is 1.98. The number of anilines is 1. The van der Waals surface area contributed by atoms with E-state index in [1.54, 1.807) is 24.3 Å². The fourth-order valence-electron chi connectivity index (χ4n) is 1.85. The van der Waals surface area contributed by atoms with E-state index < -0.39 is 0 Å². The molecule has 1 saturated heterocycles. The summed E-state index contributed by atoms with van der Waals surface area (Å²) in [5.74, 6) is 0. The number of nitrogens with one attached hydrogen (secondary N) is 3. The Morgan fingerprint density at radius 3 is 2.53 bits per heavy atom. The van der Waals surface area contributed by atoms with Crippen LogP contribution in [0.15, 0.2) is 24.3 Å². The second-order valence-corrected chi connectivity index (χ2v) is 4.57. The van der Waals surface area contributed by atoms with Gasteiger partial charge in [-0.25, -0.2) is 4.79 Å². The molecule has 0 unspecified atom stereocenters. The fraction of sp³-hybridized carbons (Fsp3) is 0.417. The van der Waals surface area contributed by atoms with Crippen LogP contribution in [-0.4, -0.2) is 25.2 Å². The number of hydrogen-bond acceptors (Lipinski definition) is 2. The maximum absolute atomic E-state index is 11.7. The first-order chi connectivity index (χ1) is 8.24. The van der Waals surface area contributed by atoms with Crippen LogP contribution < -0.4 is 16.0 Å². The van der Waals surface area contributed by atoms with Crippen LogP contribution in [0, 0.1) is 0 Å². The minimum absolute atomic E-state index is 0.153. The summed E-state index contributed by atoms with van der Waals surface area (Å²) in [6, 6.07) is 7.18. The second-order valence-electron chi connectivity index (χ2n) is 4.13. The van der Waals surface area contributed by atoms with E-state index in [0.717, 1.165) is 31.6 Å². The van der Waals surface area contributed by atoms with Crippen LogP contribution in [0.3, 0.4) is 0 Å². The lowest BCUT2D eigenvalue weighted by atomic mass is 10.1. The van der Waals surface area contributed by atoms with E-state index in [-0.39, 0.29) is 12.1 Å². The molecular formula is C12H16ClN3O. The molecule has 17 heavy (non-hydrogen) atoms. The van der Waals surface area contributed by atoms with Crippen molar-refractivity contribution in [3.8, 4) is 0 Å². The summed E-state index contributed by atoms with van der Waals surface area (Å²) in [5, 5.41) is 9.67. The van der Waals surface area contributed by atoms with Crippen molar-refractivity contribution in [3.05, 3.63) is 29.3 Å². The van der Waals surface area contributed by atoms with Crippen LogP contribution in [0.1, 0.15) is 12.8 Å². The molecule has 1 aromatic carbocycles. The molecule has 4 nitrogen and oxygen atoms in total. The lowest BCUT2D eigenvalue weighted by molar-refractivity contribution is 0.245. The maximum Gasteiger partial charge on any atom is 0.319 e. The first-order valence-electron chi connectivity index (χ1n) is 5.78. The highest BCUT2D eigenvalue weighted by atomic mass is 35.5. The normalized spacial score (nSPS) is 16.5. The number of hydrogen-bond donors (Lipinski definition) is 3. The minimum atomic E-state index is -0.153. The van der Waals surface area contributed by atoms with Crippen LogP contribution in [0.25, 0.3) is 0 Å². The number of amides is 2. The number of rotatable bonds is 2. The van der Waals surface area contributed by atoms with Crippen LogP contribution in [0.2, 0.25) is 5.02 Å². The van der Waals surface area contributed by atoms with Gasteiger partial charge in [0.1, 0.15) is 0 Å². The van der Waals surface area contributed by atoms with Gasteiger partial charge in [-0.2, -0.15) is 0 Å². The third kappa shape index (κ3) is 3.91. The van der Waals surface area contributed by atoms with Crippen LogP contribution in [-0.2, 0) is 0 Å². The quantitative estimate of drug-likeness (QED) is 0.757. The number of carbonyl (C=O) groups excluding carboxylic acids is 1. The Kier molecular flexibility index (Phi) is 4.23. The number of benzene rings is 1. The van der Waals surface area contributed by atoms with E-state index in [9.17, 15) is 4.79 Å². The maximum atomic E-state index is 11.7. The molecule has 0 aliphatic carbocycles. The van der Waals surface area contributed by atoms with Gasteiger partial charge in [-0.3, -0.25) is 0 Å². The van der Waals surface area contributed by atoms with Crippen LogP contribution >= 0.6 is 11.6 Å². The monoisotopic (exact) mass is 253 g/mol. The van der Waals surface area contributed by atoms with Crippen molar-refractivity contribution in [1.29, 1.82) is 0 Å². The third-order valence-electron chi connectivity index (χ3n) is 2.78. The third-order valence-corrected chi connectivity index (χ3v) is 3.03. The largest absolute Gasteiger partial charge is 0.335 e. The number of piperidine rings is 1.